The van der Waals surface area contributed by atoms with E-state index >= 15 is 0 Å². The quantitative estimate of drug-likeness (QED) is 0.217. The maximum atomic E-state index is 13.6. The molecule has 4 aromatic rings. The van der Waals surface area contributed by atoms with E-state index in [4.69, 9.17) is 11.6 Å². The summed E-state index contributed by atoms with van der Waals surface area (Å²) in [7, 11) is -7.99. The highest BCUT2D eigenvalue weighted by Crippen LogP contribution is 2.27. The number of rotatable bonds is 9. The number of nitrogens with zero attached hydrogens (tertiary/aromatic N) is 1. The van der Waals surface area contributed by atoms with Crippen LogP contribution in [0, 0.1) is 13.8 Å². The summed E-state index contributed by atoms with van der Waals surface area (Å²) in [5.41, 5.74) is 2.86. The van der Waals surface area contributed by atoms with Gasteiger partial charge in [0.15, 0.2) is 0 Å². The molecule has 0 atom stereocenters. The lowest BCUT2D eigenvalue weighted by molar-refractivity contribution is -0.114. The fourth-order valence-corrected chi connectivity index (χ4v) is 6.57. The van der Waals surface area contributed by atoms with Gasteiger partial charge in [0.25, 0.3) is 20.0 Å². The van der Waals surface area contributed by atoms with Crippen LogP contribution < -0.4 is 14.3 Å². The summed E-state index contributed by atoms with van der Waals surface area (Å²) in [5, 5.41) is 3.03. The molecule has 0 spiro atoms. The monoisotopic (exact) mass is 661 g/mol. The van der Waals surface area contributed by atoms with Crippen molar-refractivity contribution in [1.82, 2.24) is 0 Å². The SMILES string of the molecule is Cc1ccc(N(CC(=O)Nc2ccc(S(=O)(=O)Nc3ccc(Br)cc3)cc2)S(=O)(=O)c2ccc(Cl)cc2)cc1C. The van der Waals surface area contributed by atoms with E-state index in [9.17, 15) is 21.6 Å². The number of hydrogen-bond acceptors (Lipinski definition) is 5. The highest BCUT2D eigenvalue weighted by Gasteiger charge is 2.27. The van der Waals surface area contributed by atoms with Gasteiger partial charge in [-0.05, 0) is 110 Å². The standard InChI is InChI=1S/C28H25BrClN3O5S2/c1-19-3-12-25(17-20(19)2)33(40(37,38)27-13-6-22(30)7-14-27)18-28(34)31-23-10-15-26(16-11-23)39(35,36)32-24-8-4-21(29)5-9-24/h3-17,32H,18H2,1-2H3,(H,31,34). The summed E-state index contributed by atoms with van der Waals surface area (Å²) >= 11 is 9.24. The molecule has 0 fully saturated rings. The van der Waals surface area contributed by atoms with Crippen LogP contribution in [-0.4, -0.2) is 29.3 Å². The first-order valence-electron chi connectivity index (χ1n) is 11.9. The summed E-state index contributed by atoms with van der Waals surface area (Å²) in [6.07, 6.45) is 0. The summed E-state index contributed by atoms with van der Waals surface area (Å²) in [6.45, 7) is 3.24. The molecular formula is C28H25BrClN3O5S2. The Bertz CT molecular complexity index is 1750. The second kappa shape index (κ2) is 12.0. The van der Waals surface area contributed by atoms with Crippen LogP contribution >= 0.6 is 27.5 Å². The number of carbonyl (C=O) groups is 1. The summed E-state index contributed by atoms with van der Waals surface area (Å²) in [5.74, 6) is -0.612. The highest BCUT2D eigenvalue weighted by molar-refractivity contribution is 9.10. The lowest BCUT2D eigenvalue weighted by Gasteiger charge is -2.25. The summed E-state index contributed by atoms with van der Waals surface area (Å²) in [4.78, 5) is 13.0. The van der Waals surface area contributed by atoms with E-state index in [1.165, 1.54) is 48.5 Å². The van der Waals surface area contributed by atoms with Gasteiger partial charge in [-0.3, -0.25) is 13.8 Å². The third-order valence-electron chi connectivity index (χ3n) is 6.01. The Hall–Kier alpha value is -3.38. The number of carbonyl (C=O) groups excluding carboxylic acids is 1. The fourth-order valence-electron chi connectivity index (χ4n) is 3.71. The van der Waals surface area contributed by atoms with Crippen LogP contribution in [0.25, 0.3) is 0 Å². The van der Waals surface area contributed by atoms with Gasteiger partial charge in [-0.15, -0.1) is 0 Å². The van der Waals surface area contributed by atoms with Crippen molar-refractivity contribution in [3.63, 3.8) is 0 Å². The van der Waals surface area contributed by atoms with Crippen molar-refractivity contribution < 1.29 is 21.6 Å². The zero-order valence-corrected chi connectivity index (χ0v) is 25.4. The van der Waals surface area contributed by atoms with Crippen LogP contribution in [0.2, 0.25) is 5.02 Å². The van der Waals surface area contributed by atoms with E-state index in [0.717, 1.165) is 19.9 Å². The van der Waals surface area contributed by atoms with Gasteiger partial charge in [-0.25, -0.2) is 16.8 Å². The molecule has 0 saturated carbocycles. The first-order valence-corrected chi connectivity index (χ1v) is 16.0. The molecule has 40 heavy (non-hydrogen) atoms. The number of amides is 1. The first-order chi connectivity index (χ1) is 18.8. The molecule has 0 unspecified atom stereocenters. The molecule has 4 aromatic carbocycles. The maximum absolute atomic E-state index is 13.6. The molecule has 0 heterocycles. The largest absolute Gasteiger partial charge is 0.325 e. The van der Waals surface area contributed by atoms with E-state index in [1.807, 2.05) is 13.8 Å². The second-order valence-corrected chi connectivity index (χ2v) is 13.8. The van der Waals surface area contributed by atoms with E-state index < -0.39 is 32.5 Å². The molecule has 12 heteroatoms. The van der Waals surface area contributed by atoms with Crippen LogP contribution in [-0.2, 0) is 24.8 Å². The van der Waals surface area contributed by atoms with Crippen LogP contribution in [0.5, 0.6) is 0 Å². The van der Waals surface area contributed by atoms with Crippen molar-refractivity contribution in [3.05, 3.63) is 112 Å². The molecular weight excluding hydrogens is 638 g/mol. The molecule has 0 aliphatic rings. The Labute approximate surface area is 247 Å². The lowest BCUT2D eigenvalue weighted by atomic mass is 10.1. The Morgan fingerprint density at radius 1 is 0.775 bits per heavy atom. The molecule has 0 aliphatic carbocycles. The van der Waals surface area contributed by atoms with Gasteiger partial charge in [-0.2, -0.15) is 0 Å². The molecule has 2 N–H and O–H groups in total. The maximum Gasteiger partial charge on any atom is 0.264 e. The minimum atomic E-state index is -4.12. The zero-order chi connectivity index (χ0) is 29.1. The topological polar surface area (TPSA) is 113 Å². The van der Waals surface area contributed by atoms with Crippen molar-refractivity contribution in [3.8, 4) is 0 Å². The number of benzene rings is 4. The molecule has 8 nitrogen and oxygen atoms in total. The predicted octanol–water partition coefficient (Wildman–Crippen LogP) is 6.35. The number of anilines is 3. The van der Waals surface area contributed by atoms with Gasteiger partial charge in [0.05, 0.1) is 15.5 Å². The molecule has 0 saturated heterocycles. The molecule has 0 aliphatic heterocycles. The van der Waals surface area contributed by atoms with E-state index in [0.29, 0.717) is 22.1 Å². The number of aryl methyl sites for hydroxylation is 2. The average Bonchev–Trinajstić information content (AvgIpc) is 2.91. The average molecular weight is 663 g/mol. The lowest BCUT2D eigenvalue weighted by Crippen LogP contribution is -2.38. The number of halogens is 2. The molecule has 0 bridgehead atoms. The molecule has 1 amide bonds. The molecule has 0 aromatic heterocycles. The van der Waals surface area contributed by atoms with E-state index in [2.05, 4.69) is 26.0 Å². The zero-order valence-electron chi connectivity index (χ0n) is 21.4. The van der Waals surface area contributed by atoms with Gasteiger partial charge in [0, 0.05) is 20.9 Å². The predicted molar refractivity (Wildman–Crippen MR) is 162 cm³/mol. The summed E-state index contributed by atoms with van der Waals surface area (Å²) in [6, 6.07) is 23.1. The minimum Gasteiger partial charge on any atom is -0.325 e. The second-order valence-electron chi connectivity index (χ2n) is 8.92. The smallest absolute Gasteiger partial charge is 0.264 e. The van der Waals surface area contributed by atoms with Gasteiger partial charge in [-0.1, -0.05) is 33.6 Å². The number of nitrogens with one attached hydrogen (secondary N) is 2. The number of sulfonamides is 2. The van der Waals surface area contributed by atoms with E-state index in [-0.39, 0.29) is 9.79 Å². The van der Waals surface area contributed by atoms with Crippen molar-refractivity contribution in [1.29, 1.82) is 0 Å². The Balaban J connectivity index is 1.54. The Morgan fingerprint density at radius 3 is 1.95 bits per heavy atom. The van der Waals surface area contributed by atoms with E-state index in [1.54, 1.807) is 42.5 Å². The van der Waals surface area contributed by atoms with Crippen LogP contribution in [0.4, 0.5) is 17.1 Å². The first kappa shape index (κ1) is 29.6. The van der Waals surface area contributed by atoms with Crippen molar-refractivity contribution in [2.75, 3.05) is 20.9 Å². The third-order valence-corrected chi connectivity index (χ3v) is 9.98. The van der Waals surface area contributed by atoms with Crippen molar-refractivity contribution >= 4 is 70.5 Å². The van der Waals surface area contributed by atoms with Gasteiger partial charge < -0.3 is 5.32 Å². The molecule has 4 rings (SSSR count). The van der Waals surface area contributed by atoms with Crippen LogP contribution in [0.1, 0.15) is 11.1 Å². The molecule has 208 valence electrons. The van der Waals surface area contributed by atoms with Crippen LogP contribution in [0.15, 0.2) is 105 Å². The number of hydrogen-bond donors (Lipinski definition) is 2. The molecule has 0 radical (unpaired) electrons. The Kier molecular flexibility index (Phi) is 8.89. The fraction of sp³-hybridized carbons (Fsp3) is 0.107. The summed E-state index contributed by atoms with van der Waals surface area (Å²) < 4.78 is 57.0. The van der Waals surface area contributed by atoms with Crippen LogP contribution in [0.3, 0.4) is 0 Å². The van der Waals surface area contributed by atoms with Gasteiger partial charge in [0.1, 0.15) is 6.54 Å². The minimum absolute atomic E-state index is 0.00417. The van der Waals surface area contributed by atoms with Crippen molar-refractivity contribution in [2.45, 2.75) is 23.6 Å². The van der Waals surface area contributed by atoms with Crippen molar-refractivity contribution in [2.24, 2.45) is 0 Å². The highest BCUT2D eigenvalue weighted by atomic mass is 79.9. The van der Waals surface area contributed by atoms with Gasteiger partial charge in [0.2, 0.25) is 5.91 Å². The van der Waals surface area contributed by atoms with Gasteiger partial charge >= 0.3 is 0 Å². The Morgan fingerprint density at radius 2 is 1.35 bits per heavy atom. The third kappa shape index (κ3) is 7.03. The normalized spacial score (nSPS) is 11.6.